The number of hydrogen-bond acceptors (Lipinski definition) is 9. The summed E-state index contributed by atoms with van der Waals surface area (Å²) in [4.78, 5) is 28.2. The molecule has 0 aliphatic carbocycles. The first kappa shape index (κ1) is 22.0. The van der Waals surface area contributed by atoms with E-state index >= 15 is 0 Å². The predicted octanol–water partition coefficient (Wildman–Crippen LogP) is 3.04. The zero-order chi connectivity index (χ0) is 22.1. The highest BCUT2D eigenvalue weighted by atomic mass is 32.1. The Morgan fingerprint density at radius 1 is 1.39 bits per heavy atom. The van der Waals surface area contributed by atoms with Gasteiger partial charge < -0.3 is 19.3 Å². The lowest BCUT2D eigenvalue weighted by Gasteiger charge is -2.15. The number of hydrogen-bond donors (Lipinski definition) is 2. The first-order valence-electron chi connectivity index (χ1n) is 9.30. The normalized spacial score (nSPS) is 15.2. The van der Waals surface area contributed by atoms with Crippen molar-refractivity contribution in [1.82, 2.24) is 9.88 Å². The molecule has 160 valence electrons. The van der Waals surface area contributed by atoms with Crippen molar-refractivity contribution in [2.45, 2.75) is 18.6 Å². The van der Waals surface area contributed by atoms with Gasteiger partial charge in [0, 0.05) is 19.0 Å². The smallest absolute Gasteiger partial charge is 0.412 e. The van der Waals surface area contributed by atoms with Crippen molar-refractivity contribution in [1.29, 1.82) is 0 Å². The van der Waals surface area contributed by atoms with Crippen LogP contribution in [0.5, 0.6) is 0 Å². The second-order valence-corrected chi connectivity index (χ2v) is 6.76. The number of thiol groups is 1. The van der Waals surface area contributed by atoms with Crippen molar-refractivity contribution >= 4 is 36.6 Å². The van der Waals surface area contributed by atoms with Gasteiger partial charge in [0.2, 0.25) is 5.56 Å². The molecule has 2 heterocycles. The first-order chi connectivity index (χ1) is 15.1. The fraction of sp³-hybridized carbons (Fsp3) is 0.238. The number of nitrogens with zero attached hydrogens (tertiary/aromatic N) is 4. The van der Waals surface area contributed by atoms with Gasteiger partial charge in [-0.15, -0.1) is 25.0 Å². The molecule has 31 heavy (non-hydrogen) atoms. The fourth-order valence-electron chi connectivity index (χ4n) is 2.49. The van der Waals surface area contributed by atoms with Crippen LogP contribution in [0, 0.1) is 12.3 Å². The van der Waals surface area contributed by atoms with Crippen LogP contribution >= 0.6 is 12.6 Å². The average molecular weight is 439 g/mol. The predicted molar refractivity (Wildman–Crippen MR) is 120 cm³/mol. The molecule has 1 N–H and O–H groups in total. The number of oxime groups is 2. The number of amides is 1. The third-order valence-corrected chi connectivity index (χ3v) is 4.51. The van der Waals surface area contributed by atoms with E-state index in [9.17, 15) is 4.79 Å². The van der Waals surface area contributed by atoms with Crippen molar-refractivity contribution in [3.63, 3.8) is 0 Å². The van der Waals surface area contributed by atoms with Gasteiger partial charge in [0.05, 0.1) is 11.9 Å². The minimum Gasteiger partial charge on any atom is -0.448 e. The number of nitrogens with one attached hydrogen (secondary N) is 1. The number of benzene rings is 1. The second-order valence-electron chi connectivity index (χ2n) is 6.32. The van der Waals surface area contributed by atoms with E-state index < -0.39 is 6.09 Å². The Morgan fingerprint density at radius 3 is 2.90 bits per heavy atom. The molecule has 3 rings (SSSR count). The summed E-state index contributed by atoms with van der Waals surface area (Å²) in [5.41, 5.74) is 1.97. The molecule has 0 spiro atoms. The van der Waals surface area contributed by atoms with E-state index in [2.05, 4.69) is 39.2 Å². The summed E-state index contributed by atoms with van der Waals surface area (Å²) < 4.78 is 4.92. The zero-order valence-corrected chi connectivity index (χ0v) is 17.7. The van der Waals surface area contributed by atoms with Gasteiger partial charge in [0.1, 0.15) is 12.4 Å². The topological polar surface area (TPSA) is 97.6 Å². The van der Waals surface area contributed by atoms with Gasteiger partial charge in [-0.25, -0.2) is 9.78 Å². The van der Waals surface area contributed by atoms with Crippen LogP contribution in [0.3, 0.4) is 0 Å². The van der Waals surface area contributed by atoms with Gasteiger partial charge >= 0.3 is 6.09 Å². The summed E-state index contributed by atoms with van der Waals surface area (Å²) >= 11 is 4.26. The molecule has 0 saturated carbocycles. The van der Waals surface area contributed by atoms with Crippen LogP contribution in [0.1, 0.15) is 23.2 Å². The van der Waals surface area contributed by atoms with Gasteiger partial charge in [-0.3, -0.25) is 5.32 Å². The number of rotatable bonds is 8. The summed E-state index contributed by atoms with van der Waals surface area (Å²) in [6.45, 7) is 0.285. The Morgan fingerprint density at radius 2 is 2.19 bits per heavy atom. The summed E-state index contributed by atoms with van der Waals surface area (Å²) in [5.74, 6) is 3.44. The zero-order valence-electron chi connectivity index (χ0n) is 16.8. The molecule has 0 bridgehead atoms. The number of aromatic nitrogens is 1. The quantitative estimate of drug-likeness (QED) is 0.216. The molecular weight excluding hydrogens is 418 g/mol. The second kappa shape index (κ2) is 10.9. The third-order valence-electron chi connectivity index (χ3n) is 4.07. The highest BCUT2D eigenvalue weighted by molar-refractivity contribution is 7.80. The van der Waals surface area contributed by atoms with Gasteiger partial charge in [-0.05, 0) is 17.7 Å². The maximum atomic E-state index is 11.6. The maximum absolute atomic E-state index is 11.6. The molecule has 0 fully saturated rings. The lowest BCUT2D eigenvalue weighted by atomic mass is 10.1. The van der Waals surface area contributed by atoms with Crippen LogP contribution in [0.2, 0.25) is 0 Å². The van der Waals surface area contributed by atoms with Gasteiger partial charge in [-0.2, -0.15) is 0 Å². The molecule has 0 saturated heterocycles. The molecular formula is C21H21N5O4S. The Balaban J connectivity index is 1.48. The highest BCUT2D eigenvalue weighted by Gasteiger charge is 2.24. The summed E-state index contributed by atoms with van der Waals surface area (Å²) in [6, 6.07) is 12.7. The summed E-state index contributed by atoms with van der Waals surface area (Å²) in [5, 5.41) is 10.5. The molecule has 0 radical (unpaired) electrons. The van der Waals surface area contributed by atoms with Crippen molar-refractivity contribution in [3.05, 3.63) is 59.3 Å². The third kappa shape index (κ3) is 6.38. The number of pyridine rings is 1. The van der Waals surface area contributed by atoms with Crippen LogP contribution in [-0.4, -0.2) is 47.2 Å². The highest BCUT2D eigenvalue weighted by Crippen LogP contribution is 2.18. The Bertz CT molecular complexity index is 1000. The van der Waals surface area contributed by atoms with E-state index in [1.807, 2.05) is 36.2 Å². The standard InChI is InChI=1S/C21H21N5O4S/c1-3-4-12-28-20(27)24-18-7-5-6-17(23-18)14-29-22-13-15-8-10-16(11-9-15)19-25-30-21(31)26(19)2/h1,5-11,13,21,31H,4,12,14H2,2H3,(H,23,24,27)/b22-13-. The van der Waals surface area contributed by atoms with Crippen LogP contribution in [0.15, 0.2) is 52.8 Å². The SMILES string of the molecule is C#CCCOC(=O)Nc1cccc(CO/N=C\c2ccc(C3=NOC(S)N3C)cc2)n1. The Hall–Kier alpha value is -3.71. The molecule has 10 heteroatoms. The van der Waals surface area contributed by atoms with Crippen molar-refractivity contribution in [2.24, 2.45) is 10.3 Å². The number of ether oxygens (including phenoxy) is 1. The van der Waals surface area contributed by atoms with E-state index in [0.29, 0.717) is 23.8 Å². The van der Waals surface area contributed by atoms with Gasteiger partial charge in [0.15, 0.2) is 12.4 Å². The van der Waals surface area contributed by atoms with E-state index in [0.717, 1.165) is 11.1 Å². The minimum absolute atomic E-state index is 0.137. The Labute approximate surface area is 185 Å². The molecule has 1 atom stereocenters. The lowest BCUT2D eigenvalue weighted by Crippen LogP contribution is -2.28. The summed E-state index contributed by atoms with van der Waals surface area (Å²) in [6.07, 6.45) is 6.44. The molecule has 1 aromatic carbocycles. The van der Waals surface area contributed by atoms with Crippen molar-refractivity contribution in [2.75, 3.05) is 19.0 Å². The number of amidine groups is 1. The number of carbonyl (C=O) groups excluding carboxylic acids is 1. The molecule has 1 unspecified atom stereocenters. The first-order valence-corrected chi connectivity index (χ1v) is 9.82. The number of anilines is 1. The fourth-order valence-corrected chi connectivity index (χ4v) is 2.64. The van der Waals surface area contributed by atoms with Gasteiger partial charge in [-0.1, -0.05) is 40.6 Å². The molecule has 9 nitrogen and oxygen atoms in total. The van der Waals surface area contributed by atoms with Crippen LogP contribution in [0.25, 0.3) is 0 Å². The van der Waals surface area contributed by atoms with E-state index in [1.54, 1.807) is 24.4 Å². The lowest BCUT2D eigenvalue weighted by molar-refractivity contribution is 0.0918. The van der Waals surface area contributed by atoms with E-state index in [4.69, 9.17) is 20.8 Å². The van der Waals surface area contributed by atoms with Crippen molar-refractivity contribution in [3.8, 4) is 12.3 Å². The molecule has 2 aromatic rings. The largest absolute Gasteiger partial charge is 0.448 e. The minimum atomic E-state index is -0.617. The Kier molecular flexibility index (Phi) is 7.73. The van der Waals surface area contributed by atoms with Crippen molar-refractivity contribution < 1.29 is 19.2 Å². The average Bonchev–Trinajstić information content (AvgIpc) is 3.10. The molecule has 1 amide bonds. The number of carbonyl (C=O) groups is 1. The molecule has 1 aromatic heterocycles. The van der Waals surface area contributed by atoms with Gasteiger partial charge in [0.25, 0.3) is 0 Å². The molecule has 1 aliphatic heterocycles. The maximum Gasteiger partial charge on any atom is 0.412 e. The van der Waals surface area contributed by atoms with Crippen LogP contribution in [-0.2, 0) is 21.0 Å². The van der Waals surface area contributed by atoms with Crippen LogP contribution in [0.4, 0.5) is 10.6 Å². The number of terminal acetylenes is 1. The van der Waals surface area contributed by atoms with E-state index in [-0.39, 0.29) is 18.8 Å². The summed E-state index contributed by atoms with van der Waals surface area (Å²) in [7, 11) is 1.85. The van der Waals surface area contributed by atoms with E-state index in [1.165, 1.54) is 0 Å². The van der Waals surface area contributed by atoms with Crippen LogP contribution < -0.4 is 5.32 Å². The molecule has 1 aliphatic rings. The monoisotopic (exact) mass is 439 g/mol.